The molecular weight excluding hydrogens is 396 g/mol. The lowest BCUT2D eigenvalue weighted by Gasteiger charge is -2.36. The summed E-state index contributed by atoms with van der Waals surface area (Å²) in [5, 5.41) is 2.05. The molecule has 6 nitrogen and oxygen atoms in total. The van der Waals surface area contributed by atoms with Crippen LogP contribution in [0.5, 0.6) is 0 Å². The van der Waals surface area contributed by atoms with Gasteiger partial charge in [-0.1, -0.05) is 13.8 Å². The fraction of sp³-hybridized carbons (Fsp3) is 0.700. The Bertz CT molecular complexity index is 905. The topological polar surface area (TPSA) is 83.6 Å². The van der Waals surface area contributed by atoms with Gasteiger partial charge in [0.05, 0.1) is 5.75 Å². The third-order valence-corrected chi connectivity index (χ3v) is 9.94. The molecule has 1 amide bonds. The third-order valence-electron chi connectivity index (χ3n) is 7.40. The van der Waals surface area contributed by atoms with Gasteiger partial charge in [-0.3, -0.25) is 9.59 Å². The summed E-state index contributed by atoms with van der Waals surface area (Å²) in [6.07, 6.45) is 3.09. The Kier molecular flexibility index (Phi) is 4.95. The van der Waals surface area contributed by atoms with Crippen LogP contribution in [0.15, 0.2) is 11.4 Å². The van der Waals surface area contributed by atoms with Crippen LogP contribution in [0.25, 0.3) is 0 Å². The number of hydrogen-bond donors (Lipinski definition) is 1. The maximum Gasteiger partial charge on any atom is 0.224 e. The minimum absolute atomic E-state index is 0.0316. The van der Waals surface area contributed by atoms with Gasteiger partial charge in [0.25, 0.3) is 0 Å². The Hall–Kier alpha value is -1.25. The molecule has 0 spiro atoms. The Labute approximate surface area is 170 Å². The van der Waals surface area contributed by atoms with Gasteiger partial charge in [-0.15, -0.1) is 11.3 Å². The van der Waals surface area contributed by atoms with E-state index in [0.29, 0.717) is 25.9 Å². The predicted octanol–water partition coefficient (Wildman–Crippen LogP) is 2.34. The quantitative estimate of drug-likeness (QED) is 0.760. The molecule has 2 atom stereocenters. The normalized spacial score (nSPS) is 28.6. The van der Waals surface area contributed by atoms with E-state index in [4.69, 9.17) is 0 Å². The van der Waals surface area contributed by atoms with Gasteiger partial charge in [-0.2, -0.15) is 0 Å². The van der Waals surface area contributed by atoms with Crippen molar-refractivity contribution in [2.75, 3.05) is 18.8 Å². The van der Waals surface area contributed by atoms with Gasteiger partial charge in [0.2, 0.25) is 15.9 Å². The summed E-state index contributed by atoms with van der Waals surface area (Å²) in [6.45, 7) is 5.44. The van der Waals surface area contributed by atoms with Gasteiger partial charge in [0, 0.05) is 42.8 Å². The van der Waals surface area contributed by atoms with E-state index in [0.717, 1.165) is 12.8 Å². The Morgan fingerprint density at radius 3 is 2.86 bits per heavy atom. The molecule has 1 aromatic rings. The highest BCUT2D eigenvalue weighted by Gasteiger charge is 2.65. The lowest BCUT2D eigenvalue weighted by Crippen LogP contribution is -2.46. The minimum atomic E-state index is -3.62. The van der Waals surface area contributed by atoms with Crippen LogP contribution in [0.3, 0.4) is 0 Å². The number of thiophene rings is 1. The highest BCUT2D eigenvalue weighted by Crippen LogP contribution is 2.64. The maximum atomic E-state index is 12.7. The fourth-order valence-electron chi connectivity index (χ4n) is 5.42. The monoisotopic (exact) mass is 424 g/mol. The van der Waals surface area contributed by atoms with Crippen molar-refractivity contribution in [2.45, 2.75) is 52.5 Å². The van der Waals surface area contributed by atoms with Crippen molar-refractivity contribution in [1.82, 2.24) is 9.62 Å². The number of sulfonamides is 1. The SMILES string of the molecule is CC1(C)C2CCC1(CS(=O)(=O)NCCC(=O)N1CCc3sccc3C1)C(=O)C2. The summed E-state index contributed by atoms with van der Waals surface area (Å²) in [5.41, 5.74) is 0.151. The first-order valence-electron chi connectivity index (χ1n) is 9.98. The number of nitrogens with one attached hydrogen (secondary N) is 1. The molecule has 1 N–H and O–H groups in total. The molecule has 2 bridgehead atoms. The molecule has 2 unspecified atom stereocenters. The highest BCUT2D eigenvalue weighted by molar-refractivity contribution is 7.89. The number of carbonyl (C=O) groups excluding carboxylic acids is 2. The predicted molar refractivity (Wildman–Crippen MR) is 108 cm³/mol. The summed E-state index contributed by atoms with van der Waals surface area (Å²) in [7, 11) is -3.62. The summed E-state index contributed by atoms with van der Waals surface area (Å²) in [6, 6.07) is 2.05. The average molecular weight is 425 g/mol. The molecule has 0 saturated heterocycles. The Balaban J connectivity index is 1.32. The second kappa shape index (κ2) is 6.92. The van der Waals surface area contributed by atoms with Gasteiger partial charge in [-0.25, -0.2) is 13.1 Å². The number of ketones is 1. The smallest absolute Gasteiger partial charge is 0.224 e. The van der Waals surface area contributed by atoms with Crippen LogP contribution < -0.4 is 4.72 Å². The van der Waals surface area contributed by atoms with Gasteiger partial charge >= 0.3 is 0 Å². The van der Waals surface area contributed by atoms with E-state index in [1.807, 2.05) is 19.2 Å². The van der Waals surface area contributed by atoms with Crippen molar-refractivity contribution in [3.8, 4) is 0 Å². The van der Waals surface area contributed by atoms with E-state index in [9.17, 15) is 18.0 Å². The van der Waals surface area contributed by atoms with Crippen LogP contribution in [0, 0.1) is 16.7 Å². The number of amides is 1. The molecular formula is C20H28N2O4S2. The van der Waals surface area contributed by atoms with Crippen LogP contribution in [0.2, 0.25) is 0 Å². The van der Waals surface area contributed by atoms with Crippen LogP contribution in [-0.2, 0) is 32.6 Å². The van der Waals surface area contributed by atoms with Gasteiger partial charge in [-0.05, 0) is 47.6 Å². The van der Waals surface area contributed by atoms with Crippen LogP contribution in [-0.4, -0.2) is 43.9 Å². The number of Topliss-reactive ketones (excluding diaryl/α,β-unsaturated/α-hetero) is 1. The van der Waals surface area contributed by atoms with E-state index in [-0.39, 0.29) is 41.7 Å². The minimum Gasteiger partial charge on any atom is -0.338 e. The molecule has 1 aromatic heterocycles. The standard InChI is InChI=1S/C20H28N2O4S2/c1-19(2)15-3-7-20(19,17(23)11-15)13-28(25,26)21-8-4-18(24)22-9-5-16-14(12-22)6-10-27-16/h6,10,15,21H,3-5,7-9,11-13H2,1-2H3. The second-order valence-corrected chi connectivity index (χ2v) is 11.8. The summed E-state index contributed by atoms with van der Waals surface area (Å²) < 4.78 is 28.0. The van der Waals surface area contributed by atoms with E-state index < -0.39 is 15.4 Å². The number of rotatable bonds is 6. The van der Waals surface area contributed by atoms with Gasteiger partial charge in [0.15, 0.2) is 0 Å². The molecule has 1 aliphatic heterocycles. The molecule has 4 rings (SSSR count). The summed E-state index contributed by atoms with van der Waals surface area (Å²) in [5.74, 6) is 0.197. The van der Waals surface area contributed by atoms with Crippen molar-refractivity contribution in [3.05, 3.63) is 21.9 Å². The largest absolute Gasteiger partial charge is 0.338 e. The Morgan fingerprint density at radius 2 is 2.18 bits per heavy atom. The zero-order valence-corrected chi connectivity index (χ0v) is 18.1. The van der Waals surface area contributed by atoms with Crippen LogP contribution >= 0.6 is 11.3 Å². The number of hydrogen-bond acceptors (Lipinski definition) is 5. The lowest BCUT2D eigenvalue weighted by molar-refractivity contribution is -0.132. The first kappa shape index (κ1) is 20.0. The van der Waals surface area contributed by atoms with E-state index >= 15 is 0 Å². The van der Waals surface area contributed by atoms with Crippen molar-refractivity contribution in [3.63, 3.8) is 0 Å². The number of carbonyl (C=O) groups is 2. The zero-order chi connectivity index (χ0) is 20.2. The molecule has 2 fully saturated rings. The molecule has 0 aromatic carbocycles. The Morgan fingerprint density at radius 1 is 1.39 bits per heavy atom. The molecule has 2 heterocycles. The average Bonchev–Trinajstić information content (AvgIpc) is 3.23. The summed E-state index contributed by atoms with van der Waals surface area (Å²) >= 11 is 1.72. The van der Waals surface area contributed by atoms with Crippen molar-refractivity contribution in [2.24, 2.45) is 16.7 Å². The van der Waals surface area contributed by atoms with Gasteiger partial charge < -0.3 is 4.90 Å². The third kappa shape index (κ3) is 3.23. The van der Waals surface area contributed by atoms with Crippen LogP contribution in [0.1, 0.15) is 50.0 Å². The van der Waals surface area contributed by atoms with Crippen molar-refractivity contribution >= 4 is 33.1 Å². The molecule has 154 valence electrons. The van der Waals surface area contributed by atoms with E-state index in [1.165, 1.54) is 10.4 Å². The molecule has 2 aliphatic carbocycles. The van der Waals surface area contributed by atoms with E-state index in [2.05, 4.69) is 10.8 Å². The fourth-order valence-corrected chi connectivity index (χ4v) is 8.15. The van der Waals surface area contributed by atoms with Crippen LogP contribution in [0.4, 0.5) is 0 Å². The van der Waals surface area contributed by atoms with Crippen molar-refractivity contribution in [1.29, 1.82) is 0 Å². The molecule has 8 heteroatoms. The zero-order valence-electron chi connectivity index (χ0n) is 16.5. The van der Waals surface area contributed by atoms with Gasteiger partial charge in [0.1, 0.15) is 5.78 Å². The van der Waals surface area contributed by atoms with E-state index in [1.54, 1.807) is 16.2 Å². The first-order chi connectivity index (χ1) is 13.1. The molecule has 3 aliphatic rings. The highest BCUT2D eigenvalue weighted by atomic mass is 32.2. The molecule has 28 heavy (non-hydrogen) atoms. The van der Waals surface area contributed by atoms with Crippen molar-refractivity contribution < 1.29 is 18.0 Å². The first-order valence-corrected chi connectivity index (χ1v) is 12.5. The molecule has 2 saturated carbocycles. The second-order valence-electron chi connectivity index (χ2n) is 9.00. The summed E-state index contributed by atoms with van der Waals surface area (Å²) in [4.78, 5) is 28.2. The maximum absolute atomic E-state index is 12.7. The number of nitrogens with zero attached hydrogens (tertiary/aromatic N) is 1. The lowest BCUT2D eigenvalue weighted by atomic mass is 9.70. The number of fused-ring (bicyclic) bond motifs is 3. The molecule has 0 radical (unpaired) electrons.